The van der Waals surface area contributed by atoms with E-state index in [0.29, 0.717) is 5.56 Å². The summed E-state index contributed by atoms with van der Waals surface area (Å²) in [6, 6.07) is 5.34. The predicted molar refractivity (Wildman–Crippen MR) is 107 cm³/mol. The number of rotatable bonds is 6. The molecule has 1 atom stereocenters. The number of aromatic nitrogens is 4. The number of thioether (sulfide) groups is 1. The van der Waals surface area contributed by atoms with Crippen LogP contribution >= 0.6 is 11.8 Å². The van der Waals surface area contributed by atoms with Crippen LogP contribution in [-0.2, 0) is 0 Å². The summed E-state index contributed by atoms with van der Waals surface area (Å²) in [5.41, 5.74) is -5.05. The number of alkyl halides is 3. The lowest BCUT2D eigenvalue weighted by Gasteiger charge is -2.19. The van der Waals surface area contributed by atoms with Crippen molar-refractivity contribution in [2.24, 2.45) is 5.92 Å². The Hall–Kier alpha value is -3.28. The van der Waals surface area contributed by atoms with E-state index in [1.54, 1.807) is 6.07 Å². The zero-order chi connectivity index (χ0) is 22.9. The van der Waals surface area contributed by atoms with Crippen molar-refractivity contribution in [1.82, 2.24) is 25.3 Å². The van der Waals surface area contributed by atoms with E-state index >= 15 is 0 Å². The number of benzene rings is 1. The summed E-state index contributed by atoms with van der Waals surface area (Å²) < 4.78 is 52.0. The molecule has 0 aliphatic heterocycles. The fourth-order valence-corrected chi connectivity index (χ4v) is 3.68. The van der Waals surface area contributed by atoms with E-state index in [2.05, 4.69) is 25.3 Å². The van der Waals surface area contributed by atoms with Gasteiger partial charge >= 0.3 is 5.51 Å². The van der Waals surface area contributed by atoms with Gasteiger partial charge in [0.25, 0.3) is 11.5 Å². The smallest absolute Gasteiger partial charge is 0.344 e. The minimum atomic E-state index is -4.61. The van der Waals surface area contributed by atoms with E-state index in [1.807, 2.05) is 0 Å². The minimum Gasteiger partial charge on any atom is -0.344 e. The molecule has 2 heterocycles. The summed E-state index contributed by atoms with van der Waals surface area (Å²) in [5.74, 6) is -1.58. The fraction of sp³-hybridized carbons (Fsp3) is 0.250. The van der Waals surface area contributed by atoms with Gasteiger partial charge in [0.1, 0.15) is 11.5 Å². The van der Waals surface area contributed by atoms with Gasteiger partial charge in [-0.05, 0) is 54.3 Å². The molecule has 166 valence electrons. The molecule has 2 N–H and O–H groups in total. The first-order chi connectivity index (χ1) is 15.2. The van der Waals surface area contributed by atoms with Crippen LogP contribution in [0.2, 0.25) is 0 Å². The van der Waals surface area contributed by atoms with Crippen LogP contribution in [0.3, 0.4) is 0 Å². The lowest BCUT2D eigenvalue weighted by Crippen LogP contribution is -2.31. The standard InChI is InChI=1S/C20H15F4N5O2S/c21-12-8-11(4-5-14(12)32-20(22,23)24)16(10-2-3-10)29-19(31)13-9-15(30)28-18(27-13)17-25-6-1-7-26-17/h1,4-10,16H,2-3H2,(H,29,31)(H,27,28,30)/t16-/m1/s1. The normalized spacial score (nSPS) is 14.8. The second-order valence-electron chi connectivity index (χ2n) is 7.08. The van der Waals surface area contributed by atoms with Gasteiger partial charge in [-0.15, -0.1) is 0 Å². The summed E-state index contributed by atoms with van der Waals surface area (Å²) >= 11 is -0.539. The van der Waals surface area contributed by atoms with Gasteiger partial charge in [0.15, 0.2) is 11.6 Å². The monoisotopic (exact) mass is 465 g/mol. The quantitative estimate of drug-likeness (QED) is 0.424. The van der Waals surface area contributed by atoms with Crippen molar-refractivity contribution in [2.75, 3.05) is 0 Å². The van der Waals surface area contributed by atoms with Crippen LogP contribution in [-0.4, -0.2) is 31.4 Å². The molecule has 1 saturated carbocycles. The molecule has 1 aromatic carbocycles. The number of hydrogen-bond donors (Lipinski definition) is 2. The van der Waals surface area contributed by atoms with E-state index < -0.39 is 45.5 Å². The first kappa shape index (κ1) is 21.9. The first-order valence-electron chi connectivity index (χ1n) is 9.44. The maximum Gasteiger partial charge on any atom is 0.446 e. The summed E-state index contributed by atoms with van der Waals surface area (Å²) in [6.45, 7) is 0. The van der Waals surface area contributed by atoms with Gasteiger partial charge in [0.2, 0.25) is 0 Å². The van der Waals surface area contributed by atoms with Gasteiger partial charge in [0, 0.05) is 18.5 Å². The zero-order valence-electron chi connectivity index (χ0n) is 16.2. The van der Waals surface area contributed by atoms with Crippen molar-refractivity contribution in [3.05, 3.63) is 70.2 Å². The van der Waals surface area contributed by atoms with Crippen LogP contribution in [0, 0.1) is 11.7 Å². The molecule has 3 aromatic rings. The third-order valence-corrected chi connectivity index (χ3v) is 5.46. The molecule has 4 rings (SSSR count). The Labute approximate surface area is 182 Å². The topological polar surface area (TPSA) is 101 Å². The molecule has 0 bridgehead atoms. The number of hydrogen-bond acceptors (Lipinski definition) is 6. The van der Waals surface area contributed by atoms with Crippen molar-refractivity contribution in [2.45, 2.75) is 29.3 Å². The first-order valence-corrected chi connectivity index (χ1v) is 10.3. The van der Waals surface area contributed by atoms with Crippen LogP contribution in [0.1, 0.15) is 34.9 Å². The molecular weight excluding hydrogens is 450 g/mol. The molecule has 12 heteroatoms. The molecule has 1 aliphatic carbocycles. The van der Waals surface area contributed by atoms with Crippen LogP contribution in [0.5, 0.6) is 0 Å². The summed E-state index contributed by atoms with van der Waals surface area (Å²) in [4.78, 5) is 38.8. The Morgan fingerprint density at radius 2 is 1.91 bits per heavy atom. The Morgan fingerprint density at radius 3 is 2.53 bits per heavy atom. The molecule has 0 radical (unpaired) electrons. The van der Waals surface area contributed by atoms with E-state index in [1.165, 1.54) is 18.5 Å². The highest BCUT2D eigenvalue weighted by Gasteiger charge is 2.35. The van der Waals surface area contributed by atoms with Crippen molar-refractivity contribution in [3.63, 3.8) is 0 Å². The molecule has 2 aromatic heterocycles. The zero-order valence-corrected chi connectivity index (χ0v) is 17.0. The van der Waals surface area contributed by atoms with E-state index in [4.69, 9.17) is 0 Å². The molecule has 1 amide bonds. The molecule has 0 spiro atoms. The lowest BCUT2D eigenvalue weighted by molar-refractivity contribution is -0.0329. The molecule has 32 heavy (non-hydrogen) atoms. The molecule has 7 nitrogen and oxygen atoms in total. The third kappa shape index (κ3) is 5.31. The lowest BCUT2D eigenvalue weighted by atomic mass is 10.0. The second kappa shape index (κ2) is 8.69. The number of carbonyl (C=O) groups excluding carboxylic acids is 1. The van der Waals surface area contributed by atoms with Gasteiger partial charge in [-0.25, -0.2) is 19.3 Å². The average molecular weight is 465 g/mol. The van der Waals surface area contributed by atoms with Crippen LogP contribution in [0.4, 0.5) is 17.6 Å². The number of halogens is 4. The van der Waals surface area contributed by atoms with Crippen LogP contribution in [0.15, 0.2) is 52.4 Å². The maximum atomic E-state index is 14.3. The van der Waals surface area contributed by atoms with E-state index in [9.17, 15) is 27.2 Å². The van der Waals surface area contributed by atoms with Crippen molar-refractivity contribution < 1.29 is 22.4 Å². The predicted octanol–water partition coefficient (Wildman–Crippen LogP) is 3.86. The number of amides is 1. The van der Waals surface area contributed by atoms with Crippen molar-refractivity contribution >= 4 is 17.7 Å². The third-order valence-electron chi connectivity index (χ3n) is 4.67. The minimum absolute atomic E-state index is 0.00149. The van der Waals surface area contributed by atoms with Crippen molar-refractivity contribution in [1.29, 1.82) is 0 Å². The van der Waals surface area contributed by atoms with Gasteiger partial charge < -0.3 is 10.3 Å². The Kier molecular flexibility index (Phi) is 5.96. The van der Waals surface area contributed by atoms with Gasteiger partial charge in [-0.1, -0.05) is 6.07 Å². The number of nitrogens with zero attached hydrogens (tertiary/aromatic N) is 3. The van der Waals surface area contributed by atoms with E-state index in [-0.39, 0.29) is 23.3 Å². The Balaban J connectivity index is 1.58. The highest BCUT2D eigenvalue weighted by Crippen LogP contribution is 2.43. The van der Waals surface area contributed by atoms with Crippen molar-refractivity contribution in [3.8, 4) is 11.6 Å². The fourth-order valence-electron chi connectivity index (χ4n) is 3.14. The average Bonchev–Trinajstić information content (AvgIpc) is 3.58. The highest BCUT2D eigenvalue weighted by atomic mass is 32.2. The maximum absolute atomic E-state index is 14.3. The molecular formula is C20H15F4N5O2S. The molecule has 0 saturated heterocycles. The number of carbonyl (C=O) groups is 1. The summed E-state index contributed by atoms with van der Waals surface area (Å²) in [6.07, 6.45) is 4.43. The number of nitrogens with one attached hydrogen (secondary N) is 2. The van der Waals surface area contributed by atoms with Gasteiger partial charge in [-0.2, -0.15) is 13.2 Å². The second-order valence-corrected chi connectivity index (χ2v) is 8.18. The van der Waals surface area contributed by atoms with E-state index in [0.717, 1.165) is 31.0 Å². The van der Waals surface area contributed by atoms with Gasteiger partial charge in [-0.3, -0.25) is 9.59 Å². The number of H-pyrrole nitrogens is 1. The Bertz CT molecular complexity index is 1200. The SMILES string of the molecule is O=C(N[C@@H](c1ccc(SC(F)(F)F)c(F)c1)C1CC1)c1cc(=O)[nH]c(-c2ncccn2)n1. The molecule has 1 fully saturated rings. The largest absolute Gasteiger partial charge is 0.446 e. The Morgan fingerprint density at radius 1 is 1.19 bits per heavy atom. The molecule has 1 aliphatic rings. The van der Waals surface area contributed by atoms with Crippen LogP contribution in [0.25, 0.3) is 11.6 Å². The summed E-state index contributed by atoms with van der Waals surface area (Å²) in [7, 11) is 0. The molecule has 0 unspecified atom stereocenters. The van der Waals surface area contributed by atoms with Gasteiger partial charge in [0.05, 0.1) is 10.9 Å². The highest BCUT2D eigenvalue weighted by molar-refractivity contribution is 8.00. The van der Waals surface area contributed by atoms with Crippen LogP contribution < -0.4 is 10.9 Å². The number of aromatic amines is 1. The summed E-state index contributed by atoms with van der Waals surface area (Å²) in [5, 5.41) is 2.72.